The highest BCUT2D eigenvalue weighted by molar-refractivity contribution is 5.89. The predicted molar refractivity (Wildman–Crippen MR) is 87.3 cm³/mol. The summed E-state index contributed by atoms with van der Waals surface area (Å²) in [6.45, 7) is 7.05. The molecule has 0 bridgehead atoms. The van der Waals surface area contributed by atoms with E-state index in [1.54, 1.807) is 11.1 Å². The van der Waals surface area contributed by atoms with Crippen LogP contribution in [0.25, 0.3) is 10.8 Å². The van der Waals surface area contributed by atoms with Crippen LogP contribution < -0.4 is 0 Å². The molecule has 2 aromatic rings. The summed E-state index contributed by atoms with van der Waals surface area (Å²) >= 11 is 0. The molecule has 106 valence electrons. The quantitative estimate of drug-likeness (QED) is 0.774. The molecule has 0 radical (unpaired) electrons. The number of hydrogen-bond donors (Lipinski definition) is 0. The van der Waals surface area contributed by atoms with E-state index < -0.39 is 0 Å². The molecule has 0 N–H and O–H groups in total. The van der Waals surface area contributed by atoms with Crippen molar-refractivity contribution in [3.05, 3.63) is 47.5 Å². The Morgan fingerprint density at radius 2 is 1.45 bits per heavy atom. The summed E-state index contributed by atoms with van der Waals surface area (Å²) in [7, 11) is 0. The molecule has 0 spiro atoms. The predicted octanol–water partition coefficient (Wildman–Crippen LogP) is 4.43. The zero-order valence-electron chi connectivity index (χ0n) is 12.7. The van der Waals surface area contributed by atoms with E-state index in [-0.39, 0.29) is 0 Å². The van der Waals surface area contributed by atoms with E-state index in [4.69, 9.17) is 0 Å². The van der Waals surface area contributed by atoms with E-state index in [0.717, 1.165) is 0 Å². The topological polar surface area (TPSA) is 3.24 Å². The molecular formula is C19H25N. The van der Waals surface area contributed by atoms with E-state index in [2.05, 4.69) is 55.1 Å². The van der Waals surface area contributed by atoms with E-state index in [0.29, 0.717) is 6.04 Å². The van der Waals surface area contributed by atoms with Crippen molar-refractivity contribution < 1.29 is 0 Å². The second-order valence-corrected chi connectivity index (χ2v) is 6.03. The average molecular weight is 267 g/mol. The number of hydrogen-bond acceptors (Lipinski definition) is 1. The standard InChI is InChI=1S/C19H25N/c1-3-11-20(12-4-2)18-13-16-9-5-7-15-8-6-10-17(14-18)19(15)16/h5-10,18H,3-4,11-14H2,1-2H3. The number of rotatable bonds is 5. The highest BCUT2D eigenvalue weighted by Crippen LogP contribution is 2.31. The molecular weight excluding hydrogens is 242 g/mol. The molecule has 0 saturated heterocycles. The van der Waals surface area contributed by atoms with Gasteiger partial charge in [-0.2, -0.15) is 0 Å². The summed E-state index contributed by atoms with van der Waals surface area (Å²) < 4.78 is 0. The fraction of sp³-hybridized carbons (Fsp3) is 0.474. The van der Waals surface area contributed by atoms with Gasteiger partial charge in [-0.1, -0.05) is 50.2 Å². The Bertz CT molecular complexity index is 541. The van der Waals surface area contributed by atoms with Gasteiger partial charge in [-0.05, 0) is 60.7 Å². The minimum absolute atomic E-state index is 0.690. The molecule has 0 unspecified atom stereocenters. The van der Waals surface area contributed by atoms with Crippen LogP contribution in [0.3, 0.4) is 0 Å². The van der Waals surface area contributed by atoms with E-state index >= 15 is 0 Å². The maximum Gasteiger partial charge on any atom is 0.0176 e. The fourth-order valence-electron chi connectivity index (χ4n) is 3.73. The Kier molecular flexibility index (Phi) is 4.07. The van der Waals surface area contributed by atoms with Crippen molar-refractivity contribution in [3.8, 4) is 0 Å². The maximum atomic E-state index is 2.70. The van der Waals surface area contributed by atoms with Crippen LogP contribution in [0.2, 0.25) is 0 Å². The van der Waals surface area contributed by atoms with Gasteiger partial charge in [0.15, 0.2) is 0 Å². The molecule has 20 heavy (non-hydrogen) atoms. The third kappa shape index (κ3) is 2.47. The molecule has 1 nitrogen and oxygen atoms in total. The molecule has 0 atom stereocenters. The van der Waals surface area contributed by atoms with Crippen LogP contribution >= 0.6 is 0 Å². The normalized spacial score (nSPS) is 15.2. The minimum Gasteiger partial charge on any atom is -0.300 e. The van der Waals surface area contributed by atoms with Gasteiger partial charge in [0.25, 0.3) is 0 Å². The van der Waals surface area contributed by atoms with Gasteiger partial charge in [0, 0.05) is 6.04 Å². The molecule has 3 rings (SSSR count). The first kappa shape index (κ1) is 13.6. The molecule has 0 saturated carbocycles. The van der Waals surface area contributed by atoms with Crippen LogP contribution in [0.1, 0.15) is 37.8 Å². The lowest BCUT2D eigenvalue weighted by Crippen LogP contribution is -2.41. The Hall–Kier alpha value is -1.34. The van der Waals surface area contributed by atoms with Gasteiger partial charge in [-0.25, -0.2) is 0 Å². The summed E-state index contributed by atoms with van der Waals surface area (Å²) in [5.74, 6) is 0. The van der Waals surface area contributed by atoms with E-state index in [1.807, 2.05) is 0 Å². The van der Waals surface area contributed by atoms with Crippen LogP contribution in [-0.2, 0) is 12.8 Å². The van der Waals surface area contributed by atoms with Gasteiger partial charge in [0.1, 0.15) is 0 Å². The second-order valence-electron chi connectivity index (χ2n) is 6.03. The van der Waals surface area contributed by atoms with Crippen LogP contribution in [-0.4, -0.2) is 24.0 Å². The van der Waals surface area contributed by atoms with Gasteiger partial charge in [0.2, 0.25) is 0 Å². The first-order valence-corrected chi connectivity index (χ1v) is 8.07. The zero-order chi connectivity index (χ0) is 13.9. The van der Waals surface area contributed by atoms with Crippen molar-refractivity contribution in [2.75, 3.05) is 13.1 Å². The largest absolute Gasteiger partial charge is 0.300 e. The molecule has 0 amide bonds. The van der Waals surface area contributed by atoms with Crippen LogP contribution in [0.15, 0.2) is 36.4 Å². The Labute approximate surface area is 122 Å². The lowest BCUT2D eigenvalue weighted by molar-refractivity contribution is 0.192. The van der Waals surface area contributed by atoms with Crippen LogP contribution in [0.5, 0.6) is 0 Å². The lowest BCUT2D eigenvalue weighted by atomic mass is 9.85. The van der Waals surface area contributed by atoms with E-state index in [1.165, 1.54) is 49.5 Å². The van der Waals surface area contributed by atoms with Crippen molar-refractivity contribution in [2.45, 2.75) is 45.6 Å². The highest BCUT2D eigenvalue weighted by Gasteiger charge is 2.24. The summed E-state index contributed by atoms with van der Waals surface area (Å²) in [5, 5.41) is 2.94. The van der Waals surface area contributed by atoms with Gasteiger partial charge in [-0.15, -0.1) is 0 Å². The number of benzene rings is 2. The van der Waals surface area contributed by atoms with Crippen molar-refractivity contribution in [1.82, 2.24) is 4.90 Å². The van der Waals surface area contributed by atoms with Crippen LogP contribution in [0.4, 0.5) is 0 Å². The van der Waals surface area contributed by atoms with Crippen molar-refractivity contribution in [1.29, 1.82) is 0 Å². The van der Waals surface area contributed by atoms with Gasteiger partial charge in [0.05, 0.1) is 0 Å². The molecule has 0 fully saturated rings. The summed E-state index contributed by atoms with van der Waals surface area (Å²) in [4.78, 5) is 2.70. The first-order valence-electron chi connectivity index (χ1n) is 8.07. The highest BCUT2D eigenvalue weighted by atomic mass is 15.1. The first-order chi connectivity index (χ1) is 9.83. The Morgan fingerprint density at radius 3 is 1.95 bits per heavy atom. The molecule has 1 aliphatic rings. The third-order valence-electron chi connectivity index (χ3n) is 4.53. The van der Waals surface area contributed by atoms with Crippen molar-refractivity contribution >= 4 is 10.8 Å². The number of nitrogens with zero attached hydrogens (tertiary/aromatic N) is 1. The summed E-state index contributed by atoms with van der Waals surface area (Å²) in [6, 6.07) is 14.3. The van der Waals surface area contributed by atoms with Gasteiger partial charge < -0.3 is 0 Å². The lowest BCUT2D eigenvalue weighted by Gasteiger charge is -2.35. The average Bonchev–Trinajstić information content (AvgIpc) is 2.47. The van der Waals surface area contributed by atoms with Gasteiger partial charge >= 0.3 is 0 Å². The summed E-state index contributed by atoms with van der Waals surface area (Å²) in [5.41, 5.74) is 3.10. The molecule has 0 aromatic heterocycles. The van der Waals surface area contributed by atoms with Crippen molar-refractivity contribution in [3.63, 3.8) is 0 Å². The molecule has 1 aliphatic carbocycles. The van der Waals surface area contributed by atoms with E-state index in [9.17, 15) is 0 Å². The zero-order valence-corrected chi connectivity index (χ0v) is 12.7. The second kappa shape index (κ2) is 5.97. The molecule has 1 heteroatoms. The molecule has 0 aliphatic heterocycles. The monoisotopic (exact) mass is 267 g/mol. The fourth-order valence-corrected chi connectivity index (χ4v) is 3.73. The maximum absolute atomic E-state index is 2.70. The van der Waals surface area contributed by atoms with Crippen LogP contribution in [0, 0.1) is 0 Å². The SMILES string of the molecule is CCCN(CCC)C1Cc2cccc3cccc(c23)C1. The molecule has 0 heterocycles. The summed E-state index contributed by atoms with van der Waals surface area (Å²) in [6.07, 6.45) is 4.94. The Morgan fingerprint density at radius 1 is 0.900 bits per heavy atom. The van der Waals surface area contributed by atoms with Gasteiger partial charge in [-0.3, -0.25) is 4.90 Å². The third-order valence-corrected chi connectivity index (χ3v) is 4.53. The minimum atomic E-state index is 0.690. The van der Waals surface area contributed by atoms with Crippen molar-refractivity contribution in [2.24, 2.45) is 0 Å². The Balaban J connectivity index is 1.94. The smallest absolute Gasteiger partial charge is 0.0176 e. The molecule has 2 aromatic carbocycles.